The predicted octanol–water partition coefficient (Wildman–Crippen LogP) is -2.06. The van der Waals surface area contributed by atoms with E-state index in [1.807, 2.05) is 0 Å². The first-order valence-electron chi connectivity index (χ1n) is 7.04. The average Bonchev–Trinajstić information content (AvgIpc) is 3.09. The van der Waals surface area contributed by atoms with Crippen molar-refractivity contribution >= 4 is 29.4 Å². The van der Waals surface area contributed by atoms with Crippen LogP contribution in [0, 0.1) is 0 Å². The van der Waals surface area contributed by atoms with E-state index in [-0.39, 0.29) is 0 Å². The minimum Gasteiger partial charge on any atom is -0.475 e. The number of hydrogen-bond donors (Lipinski definition) is 7. The van der Waals surface area contributed by atoms with Gasteiger partial charge in [-0.3, -0.25) is 4.52 Å². The van der Waals surface area contributed by atoms with Gasteiger partial charge in [0, 0.05) is 0 Å². The minimum atomic E-state index is -5.72. The number of carbonyl (C=O) groups is 1. The van der Waals surface area contributed by atoms with Gasteiger partial charge in [-0.1, -0.05) is 0 Å². The third-order valence-corrected chi connectivity index (χ3v) is 6.92. The van der Waals surface area contributed by atoms with Crippen LogP contribution in [0.5, 0.6) is 0 Å². The molecule has 2 unspecified atom stereocenters. The van der Waals surface area contributed by atoms with Crippen LogP contribution < -0.4 is 0 Å². The van der Waals surface area contributed by atoms with E-state index < -0.39 is 66.4 Å². The normalized spacial score (nSPS) is 29.3. The molecular formula is C8H14N3O15P3. The summed E-state index contributed by atoms with van der Waals surface area (Å²) in [6.45, 7) is -1.03. The molecule has 1 saturated heterocycles. The molecule has 18 nitrogen and oxygen atoms in total. The summed E-state index contributed by atoms with van der Waals surface area (Å²) in [6, 6.07) is 0. The molecule has 7 N–H and O–H groups in total. The van der Waals surface area contributed by atoms with Gasteiger partial charge in [-0.2, -0.15) is 8.62 Å². The second kappa shape index (κ2) is 8.56. The summed E-state index contributed by atoms with van der Waals surface area (Å²) in [5, 5.41) is 32.1. The van der Waals surface area contributed by atoms with Crippen molar-refractivity contribution in [2.75, 3.05) is 6.61 Å². The van der Waals surface area contributed by atoms with E-state index in [1.165, 1.54) is 0 Å². The van der Waals surface area contributed by atoms with Crippen LogP contribution in [0.3, 0.4) is 0 Å². The molecule has 2 heterocycles. The number of phosphoric ester groups is 1. The highest BCUT2D eigenvalue weighted by atomic mass is 31.3. The number of carboxylic acids is 1. The molecule has 0 aromatic carbocycles. The van der Waals surface area contributed by atoms with E-state index in [9.17, 15) is 33.6 Å². The second-order valence-electron chi connectivity index (χ2n) is 5.29. The zero-order valence-corrected chi connectivity index (χ0v) is 16.4. The van der Waals surface area contributed by atoms with Crippen molar-refractivity contribution in [3.63, 3.8) is 0 Å². The quantitative estimate of drug-likeness (QED) is 0.185. The van der Waals surface area contributed by atoms with Crippen LogP contribution >= 0.6 is 23.5 Å². The Morgan fingerprint density at radius 1 is 1.10 bits per heavy atom. The third kappa shape index (κ3) is 6.70. The van der Waals surface area contributed by atoms with Crippen molar-refractivity contribution in [1.82, 2.24) is 14.8 Å². The summed E-state index contributed by atoms with van der Waals surface area (Å²) in [4.78, 5) is 49.4. The number of ether oxygens (including phenoxy) is 1. The molecule has 29 heavy (non-hydrogen) atoms. The molecule has 2 rings (SSSR count). The molecule has 6 atom stereocenters. The molecule has 1 fully saturated rings. The van der Waals surface area contributed by atoms with Crippen LogP contribution in [0.2, 0.25) is 0 Å². The lowest BCUT2D eigenvalue weighted by Crippen LogP contribution is -2.33. The maximum atomic E-state index is 11.6. The number of rotatable bonds is 9. The van der Waals surface area contributed by atoms with Gasteiger partial charge in [-0.15, -0.1) is 5.10 Å². The van der Waals surface area contributed by atoms with Gasteiger partial charge in [-0.05, 0) is 0 Å². The Bertz CT molecular complexity index is 897. The lowest BCUT2D eigenvalue weighted by Gasteiger charge is -2.19. The largest absolute Gasteiger partial charge is 0.490 e. The Morgan fingerprint density at radius 3 is 2.24 bits per heavy atom. The molecular weight excluding hydrogens is 471 g/mol. The van der Waals surface area contributed by atoms with E-state index in [4.69, 9.17) is 24.5 Å². The van der Waals surface area contributed by atoms with Gasteiger partial charge in [0.2, 0.25) is 0 Å². The number of aliphatic hydroxyl groups excluding tert-OH is 2. The molecule has 1 aromatic heterocycles. The second-order valence-corrected chi connectivity index (χ2v) is 9.71. The van der Waals surface area contributed by atoms with Gasteiger partial charge in [0.05, 0.1) is 6.61 Å². The lowest BCUT2D eigenvalue weighted by molar-refractivity contribution is -0.0581. The van der Waals surface area contributed by atoms with E-state index in [1.54, 1.807) is 0 Å². The summed E-state index contributed by atoms with van der Waals surface area (Å²) in [5.41, 5.74) is 0. The lowest BCUT2D eigenvalue weighted by atomic mass is 10.1. The van der Waals surface area contributed by atoms with Gasteiger partial charge >= 0.3 is 29.4 Å². The van der Waals surface area contributed by atoms with Crippen molar-refractivity contribution in [1.29, 1.82) is 0 Å². The van der Waals surface area contributed by atoms with E-state index >= 15 is 0 Å². The van der Waals surface area contributed by atoms with Crippen molar-refractivity contribution in [2.45, 2.75) is 24.5 Å². The van der Waals surface area contributed by atoms with Crippen LogP contribution in [0.25, 0.3) is 0 Å². The summed E-state index contributed by atoms with van der Waals surface area (Å²) < 4.78 is 50.6. The molecule has 0 radical (unpaired) electrons. The van der Waals surface area contributed by atoms with Crippen LogP contribution in [0.1, 0.15) is 16.8 Å². The van der Waals surface area contributed by atoms with Crippen LogP contribution in [-0.4, -0.2) is 80.5 Å². The number of phosphoric acid groups is 3. The first kappa shape index (κ1) is 24.2. The van der Waals surface area contributed by atoms with Crippen molar-refractivity contribution in [3.8, 4) is 0 Å². The summed E-state index contributed by atoms with van der Waals surface area (Å²) >= 11 is 0. The molecule has 0 saturated carbocycles. The van der Waals surface area contributed by atoms with Crippen molar-refractivity contribution in [2.24, 2.45) is 0 Å². The Morgan fingerprint density at radius 2 is 1.72 bits per heavy atom. The first-order chi connectivity index (χ1) is 13.1. The highest BCUT2D eigenvalue weighted by Gasteiger charge is 2.47. The van der Waals surface area contributed by atoms with Crippen LogP contribution in [0.4, 0.5) is 0 Å². The first-order valence-corrected chi connectivity index (χ1v) is 11.6. The highest BCUT2D eigenvalue weighted by molar-refractivity contribution is 7.66. The Labute approximate surface area is 159 Å². The molecule has 1 aromatic rings. The summed E-state index contributed by atoms with van der Waals surface area (Å²) in [5.74, 6) is -2.13. The Kier molecular flexibility index (Phi) is 7.14. The maximum absolute atomic E-state index is 11.6. The van der Waals surface area contributed by atoms with Gasteiger partial charge in [0.15, 0.2) is 6.23 Å². The molecule has 0 amide bonds. The standard InChI is InChI=1S/C8H14N3O15P3/c12-4-3(1-23-28(19,20)26-29(21,22)25-27(16,17)18)24-7(5(4)13)11-2-9-6(10-11)8(14)15/h2-5,7,12-13H,1H2,(H,14,15)(H,19,20)(H,21,22)(H2,16,17,18)/t3-,4-,5-,7-/m1/s1. The maximum Gasteiger partial charge on any atom is 0.490 e. The molecule has 1 aliphatic heterocycles. The summed E-state index contributed by atoms with van der Waals surface area (Å²) in [6.07, 6.45) is -5.62. The molecule has 166 valence electrons. The zero-order chi connectivity index (χ0) is 22.2. The Hall–Kier alpha value is -1.10. The average molecular weight is 485 g/mol. The molecule has 0 spiro atoms. The SMILES string of the molecule is O=C(O)c1ncn([C@@H]2O[C@H](COP(=O)(O)OP(=O)(O)OP(=O)(O)O)[C@@H](O)[C@H]2O)n1. The van der Waals surface area contributed by atoms with E-state index in [0.29, 0.717) is 0 Å². The van der Waals surface area contributed by atoms with Crippen molar-refractivity contribution in [3.05, 3.63) is 12.2 Å². The summed E-state index contributed by atoms with van der Waals surface area (Å²) in [7, 11) is -16.7. The number of aromatic carboxylic acids is 1. The fourth-order valence-electron chi connectivity index (χ4n) is 2.05. The topological polar surface area (TPSA) is 278 Å². The number of nitrogens with zero attached hydrogens (tertiary/aromatic N) is 3. The molecule has 0 aliphatic carbocycles. The fraction of sp³-hybridized carbons (Fsp3) is 0.625. The fourth-order valence-corrected chi connectivity index (χ4v) is 5.08. The number of hydrogen-bond acceptors (Lipinski definition) is 12. The number of aromatic nitrogens is 3. The van der Waals surface area contributed by atoms with Crippen LogP contribution in [-0.2, 0) is 31.6 Å². The third-order valence-electron chi connectivity index (χ3n) is 3.12. The van der Waals surface area contributed by atoms with Gasteiger partial charge in [0.1, 0.15) is 24.6 Å². The van der Waals surface area contributed by atoms with E-state index in [2.05, 4.69) is 23.2 Å². The monoisotopic (exact) mass is 485 g/mol. The predicted molar refractivity (Wildman–Crippen MR) is 82.7 cm³/mol. The number of carboxylic acid groups (broad SMARTS) is 1. The van der Waals surface area contributed by atoms with Crippen molar-refractivity contribution < 1.29 is 71.3 Å². The smallest absolute Gasteiger partial charge is 0.475 e. The molecule has 1 aliphatic rings. The number of aliphatic hydroxyl groups is 2. The van der Waals surface area contributed by atoms with Gasteiger partial charge in [0.25, 0.3) is 5.82 Å². The van der Waals surface area contributed by atoms with Crippen LogP contribution in [0.15, 0.2) is 6.33 Å². The minimum absolute atomic E-state index is 0.646. The van der Waals surface area contributed by atoms with E-state index in [0.717, 1.165) is 11.0 Å². The zero-order valence-electron chi connectivity index (χ0n) is 13.7. The molecule has 0 bridgehead atoms. The van der Waals surface area contributed by atoms with Gasteiger partial charge < -0.3 is 39.6 Å². The molecule has 21 heteroatoms. The Balaban J connectivity index is 2.01. The highest BCUT2D eigenvalue weighted by Crippen LogP contribution is 2.66. The van der Waals surface area contributed by atoms with Gasteiger partial charge in [-0.25, -0.2) is 28.2 Å².